The van der Waals surface area contributed by atoms with E-state index in [1.54, 1.807) is 0 Å². The van der Waals surface area contributed by atoms with Crippen molar-refractivity contribution in [2.75, 3.05) is 13.6 Å². The Bertz CT molecular complexity index is 286. The molecule has 2 amide bonds. The molecule has 2 N–H and O–H groups in total. The highest BCUT2D eigenvalue weighted by Crippen LogP contribution is 1.98. The zero-order chi connectivity index (χ0) is 12.6. The molecule has 0 saturated heterocycles. The SMILES string of the molecule is CCC[C@@H](NC(=O)N(C)CCC#N)C(=O)O. The first kappa shape index (κ1) is 14.2. The lowest BCUT2D eigenvalue weighted by Crippen LogP contribution is -2.46. The molecule has 0 radical (unpaired) electrons. The number of carbonyl (C=O) groups excluding carboxylic acids is 1. The second-order valence-corrected chi connectivity index (χ2v) is 3.46. The van der Waals surface area contributed by atoms with Crippen LogP contribution in [-0.4, -0.2) is 41.6 Å². The quantitative estimate of drug-likeness (QED) is 0.701. The molecular weight excluding hydrogens is 210 g/mol. The maximum absolute atomic E-state index is 11.5. The van der Waals surface area contributed by atoms with E-state index >= 15 is 0 Å². The van der Waals surface area contributed by atoms with Gasteiger partial charge in [-0.25, -0.2) is 9.59 Å². The van der Waals surface area contributed by atoms with Gasteiger partial charge in [0.2, 0.25) is 0 Å². The summed E-state index contributed by atoms with van der Waals surface area (Å²) in [5.41, 5.74) is 0. The van der Waals surface area contributed by atoms with Crippen molar-refractivity contribution in [2.24, 2.45) is 0 Å². The first-order chi connectivity index (χ1) is 7.52. The summed E-state index contributed by atoms with van der Waals surface area (Å²) in [6.07, 6.45) is 1.31. The van der Waals surface area contributed by atoms with Crippen LogP contribution in [0.3, 0.4) is 0 Å². The molecule has 16 heavy (non-hydrogen) atoms. The standard InChI is InChI=1S/C10H17N3O3/c1-3-5-8(9(14)15)12-10(16)13(2)7-4-6-11/h8H,3-5,7H2,1-2H3,(H,12,16)(H,14,15)/t8-/m1/s1. The molecule has 6 heteroatoms. The van der Waals surface area contributed by atoms with Crippen LogP contribution in [0.15, 0.2) is 0 Å². The first-order valence-corrected chi connectivity index (χ1v) is 5.14. The molecule has 90 valence electrons. The van der Waals surface area contributed by atoms with Crippen LogP contribution >= 0.6 is 0 Å². The van der Waals surface area contributed by atoms with Crippen LogP contribution < -0.4 is 5.32 Å². The molecule has 0 bridgehead atoms. The maximum Gasteiger partial charge on any atom is 0.326 e. The van der Waals surface area contributed by atoms with E-state index in [2.05, 4.69) is 5.32 Å². The lowest BCUT2D eigenvalue weighted by atomic mass is 10.2. The second-order valence-electron chi connectivity index (χ2n) is 3.46. The van der Waals surface area contributed by atoms with Gasteiger partial charge in [-0.1, -0.05) is 13.3 Å². The van der Waals surface area contributed by atoms with Crippen LogP contribution in [0.4, 0.5) is 4.79 Å². The lowest BCUT2D eigenvalue weighted by molar-refractivity contribution is -0.139. The number of nitrogens with one attached hydrogen (secondary N) is 1. The van der Waals surface area contributed by atoms with Gasteiger partial charge in [0, 0.05) is 13.6 Å². The Morgan fingerprint density at radius 1 is 1.56 bits per heavy atom. The molecule has 0 fully saturated rings. The van der Waals surface area contributed by atoms with Crippen molar-refractivity contribution in [3.8, 4) is 6.07 Å². The molecule has 0 spiro atoms. The number of hydrogen-bond acceptors (Lipinski definition) is 3. The zero-order valence-corrected chi connectivity index (χ0v) is 9.56. The molecule has 0 saturated carbocycles. The van der Waals surface area contributed by atoms with Gasteiger partial charge in [-0.2, -0.15) is 5.26 Å². The highest BCUT2D eigenvalue weighted by Gasteiger charge is 2.20. The van der Waals surface area contributed by atoms with Gasteiger partial charge in [-0.3, -0.25) is 0 Å². The summed E-state index contributed by atoms with van der Waals surface area (Å²) in [5, 5.41) is 19.6. The Balaban J connectivity index is 4.18. The zero-order valence-electron chi connectivity index (χ0n) is 9.56. The van der Waals surface area contributed by atoms with Crippen molar-refractivity contribution in [2.45, 2.75) is 32.2 Å². The number of rotatable bonds is 6. The number of carbonyl (C=O) groups is 2. The summed E-state index contributed by atoms with van der Waals surface area (Å²) < 4.78 is 0. The topological polar surface area (TPSA) is 93.4 Å². The van der Waals surface area contributed by atoms with Crippen molar-refractivity contribution in [3.05, 3.63) is 0 Å². The first-order valence-electron chi connectivity index (χ1n) is 5.14. The van der Waals surface area contributed by atoms with Gasteiger partial charge in [0.15, 0.2) is 0 Å². The Kier molecular flexibility index (Phi) is 6.68. The smallest absolute Gasteiger partial charge is 0.326 e. The number of amides is 2. The van der Waals surface area contributed by atoms with E-state index in [0.717, 1.165) is 0 Å². The number of carboxylic acids is 1. The monoisotopic (exact) mass is 227 g/mol. The fourth-order valence-electron chi connectivity index (χ4n) is 1.12. The lowest BCUT2D eigenvalue weighted by Gasteiger charge is -2.20. The van der Waals surface area contributed by atoms with Crippen molar-refractivity contribution >= 4 is 12.0 Å². The Morgan fingerprint density at radius 3 is 2.62 bits per heavy atom. The van der Waals surface area contributed by atoms with Crippen LogP contribution in [0.25, 0.3) is 0 Å². The number of nitriles is 1. The summed E-state index contributed by atoms with van der Waals surface area (Å²) in [5.74, 6) is -1.04. The van der Waals surface area contributed by atoms with Crippen LogP contribution in [0, 0.1) is 11.3 Å². The predicted molar refractivity (Wildman–Crippen MR) is 57.7 cm³/mol. The van der Waals surface area contributed by atoms with E-state index < -0.39 is 18.0 Å². The van der Waals surface area contributed by atoms with E-state index in [-0.39, 0.29) is 6.42 Å². The van der Waals surface area contributed by atoms with Crippen molar-refractivity contribution in [1.29, 1.82) is 5.26 Å². The summed E-state index contributed by atoms with van der Waals surface area (Å²) in [6.45, 7) is 2.14. The number of hydrogen-bond donors (Lipinski definition) is 2. The minimum Gasteiger partial charge on any atom is -0.480 e. The van der Waals surface area contributed by atoms with Crippen LogP contribution in [0.2, 0.25) is 0 Å². The Labute approximate surface area is 94.8 Å². The summed E-state index contributed by atoms with van der Waals surface area (Å²) in [4.78, 5) is 23.6. The average molecular weight is 227 g/mol. The van der Waals surface area contributed by atoms with E-state index in [0.29, 0.717) is 19.4 Å². The van der Waals surface area contributed by atoms with Crippen molar-refractivity contribution in [1.82, 2.24) is 10.2 Å². The van der Waals surface area contributed by atoms with Gasteiger partial charge in [0.05, 0.1) is 12.5 Å². The minimum atomic E-state index is -1.04. The highest BCUT2D eigenvalue weighted by atomic mass is 16.4. The van der Waals surface area contributed by atoms with Crippen molar-refractivity contribution in [3.63, 3.8) is 0 Å². The molecule has 0 aromatic heterocycles. The molecule has 0 heterocycles. The van der Waals surface area contributed by atoms with E-state index in [4.69, 9.17) is 10.4 Å². The highest BCUT2D eigenvalue weighted by molar-refractivity contribution is 5.82. The second kappa shape index (κ2) is 7.51. The molecule has 0 aliphatic rings. The van der Waals surface area contributed by atoms with Crippen LogP contribution in [0.1, 0.15) is 26.2 Å². The fraction of sp³-hybridized carbons (Fsp3) is 0.700. The van der Waals surface area contributed by atoms with Gasteiger partial charge in [-0.05, 0) is 6.42 Å². The molecule has 0 unspecified atom stereocenters. The van der Waals surface area contributed by atoms with E-state index in [1.807, 2.05) is 13.0 Å². The van der Waals surface area contributed by atoms with E-state index in [9.17, 15) is 9.59 Å². The van der Waals surface area contributed by atoms with Gasteiger partial charge >= 0.3 is 12.0 Å². The third-order valence-electron chi connectivity index (χ3n) is 2.08. The molecule has 1 atom stereocenters. The van der Waals surface area contributed by atoms with Gasteiger partial charge in [-0.15, -0.1) is 0 Å². The average Bonchev–Trinajstić information content (AvgIpc) is 2.24. The predicted octanol–water partition coefficient (Wildman–Crippen LogP) is 0.795. The third-order valence-corrected chi connectivity index (χ3v) is 2.08. The van der Waals surface area contributed by atoms with Gasteiger partial charge < -0.3 is 15.3 Å². The molecule has 0 aromatic carbocycles. The number of aliphatic carboxylic acids is 1. The van der Waals surface area contributed by atoms with E-state index in [1.165, 1.54) is 11.9 Å². The van der Waals surface area contributed by atoms with Crippen LogP contribution in [0.5, 0.6) is 0 Å². The molecule has 0 aliphatic carbocycles. The molecule has 0 rings (SSSR count). The minimum absolute atomic E-state index is 0.232. The number of urea groups is 1. The maximum atomic E-state index is 11.5. The number of nitrogens with zero attached hydrogens (tertiary/aromatic N) is 2. The Morgan fingerprint density at radius 2 is 2.19 bits per heavy atom. The van der Waals surface area contributed by atoms with Crippen LogP contribution in [-0.2, 0) is 4.79 Å². The molecular formula is C10H17N3O3. The third kappa shape index (κ3) is 5.20. The number of carboxylic acid groups (broad SMARTS) is 1. The largest absolute Gasteiger partial charge is 0.480 e. The summed E-state index contributed by atoms with van der Waals surface area (Å²) in [7, 11) is 1.53. The van der Waals surface area contributed by atoms with Crippen molar-refractivity contribution < 1.29 is 14.7 Å². The molecule has 0 aliphatic heterocycles. The molecule has 0 aromatic rings. The molecule has 6 nitrogen and oxygen atoms in total. The Hall–Kier alpha value is -1.77. The van der Waals surface area contributed by atoms with Gasteiger partial charge in [0.1, 0.15) is 6.04 Å². The summed E-state index contributed by atoms with van der Waals surface area (Å²) >= 11 is 0. The van der Waals surface area contributed by atoms with Gasteiger partial charge in [0.25, 0.3) is 0 Å². The fourth-order valence-corrected chi connectivity index (χ4v) is 1.12. The normalized spacial score (nSPS) is 11.3. The summed E-state index contributed by atoms with van der Waals surface area (Å²) in [6, 6.07) is 0.596.